The van der Waals surface area contributed by atoms with Crippen molar-refractivity contribution in [2.45, 2.75) is 37.2 Å². The molecule has 3 rings (SSSR count). The Morgan fingerprint density at radius 1 is 1.12 bits per heavy atom. The molecule has 0 aromatic heterocycles. The predicted molar refractivity (Wildman–Crippen MR) is 111 cm³/mol. The predicted octanol–water partition coefficient (Wildman–Crippen LogP) is 4.12. The van der Waals surface area contributed by atoms with Gasteiger partial charge in [-0.2, -0.15) is 0 Å². The van der Waals surface area contributed by atoms with Crippen molar-refractivity contribution >= 4 is 38.4 Å². The molecule has 1 aliphatic heterocycles. The van der Waals surface area contributed by atoms with E-state index in [0.717, 1.165) is 42.5 Å². The Bertz CT molecular complexity index is 823. The minimum atomic E-state index is -3.46. The maximum Gasteiger partial charge on any atom is 0.240 e. The molecule has 1 saturated heterocycles. The molecule has 2 aromatic carbocycles. The quantitative estimate of drug-likeness (QED) is 0.731. The summed E-state index contributed by atoms with van der Waals surface area (Å²) >= 11 is 3.41. The van der Waals surface area contributed by atoms with Crippen LogP contribution in [0.25, 0.3) is 0 Å². The Balaban J connectivity index is 0.00000243. The van der Waals surface area contributed by atoms with E-state index in [9.17, 15) is 8.42 Å². The van der Waals surface area contributed by atoms with Gasteiger partial charge >= 0.3 is 0 Å². The number of benzene rings is 2. The minimum Gasteiger partial charge on any atom is -0.299 e. The van der Waals surface area contributed by atoms with E-state index in [1.165, 1.54) is 5.56 Å². The average Bonchev–Trinajstić information content (AvgIpc) is 2.60. The number of hydrogen-bond acceptors (Lipinski definition) is 3. The first-order valence-electron chi connectivity index (χ1n) is 8.49. The van der Waals surface area contributed by atoms with Crippen molar-refractivity contribution in [3.63, 3.8) is 0 Å². The van der Waals surface area contributed by atoms with Crippen LogP contribution in [0.1, 0.15) is 24.0 Å². The van der Waals surface area contributed by atoms with Crippen molar-refractivity contribution in [3.05, 3.63) is 64.1 Å². The largest absolute Gasteiger partial charge is 0.299 e. The lowest BCUT2D eigenvalue weighted by atomic mass is 10.1. The summed E-state index contributed by atoms with van der Waals surface area (Å²) in [5.41, 5.74) is 2.22. The monoisotopic (exact) mass is 458 g/mol. The van der Waals surface area contributed by atoms with Gasteiger partial charge in [0.05, 0.1) is 4.90 Å². The average molecular weight is 460 g/mol. The van der Waals surface area contributed by atoms with Gasteiger partial charge in [-0.3, -0.25) is 4.90 Å². The molecule has 4 nitrogen and oxygen atoms in total. The SMILES string of the molecule is Cc1cc(S(=O)(=O)NC2CCN(Cc3ccccc3)CC2)ccc1Br.Cl. The van der Waals surface area contributed by atoms with Crippen molar-refractivity contribution < 1.29 is 8.42 Å². The molecule has 26 heavy (non-hydrogen) atoms. The normalized spacial score (nSPS) is 16.2. The summed E-state index contributed by atoms with van der Waals surface area (Å²) in [7, 11) is -3.46. The highest BCUT2D eigenvalue weighted by Gasteiger charge is 2.24. The van der Waals surface area contributed by atoms with Gasteiger partial charge in [-0.1, -0.05) is 46.3 Å². The first-order chi connectivity index (χ1) is 11.9. The number of hydrogen-bond donors (Lipinski definition) is 1. The zero-order valence-corrected chi connectivity index (χ0v) is 17.9. The number of nitrogens with zero attached hydrogens (tertiary/aromatic N) is 1. The van der Waals surface area contributed by atoms with Gasteiger partial charge in [0.1, 0.15) is 0 Å². The highest BCUT2D eigenvalue weighted by Crippen LogP contribution is 2.21. The zero-order chi connectivity index (χ0) is 17.9. The van der Waals surface area contributed by atoms with Crippen LogP contribution >= 0.6 is 28.3 Å². The smallest absolute Gasteiger partial charge is 0.240 e. The van der Waals surface area contributed by atoms with Crippen LogP contribution in [-0.2, 0) is 16.6 Å². The number of halogens is 2. The summed E-state index contributed by atoms with van der Waals surface area (Å²) in [6.07, 6.45) is 1.67. The number of sulfonamides is 1. The summed E-state index contributed by atoms with van der Waals surface area (Å²) in [5, 5.41) is 0. The molecule has 0 spiro atoms. The second-order valence-corrected chi connectivity index (χ2v) is 9.14. The topological polar surface area (TPSA) is 49.4 Å². The maximum absolute atomic E-state index is 12.6. The van der Waals surface area contributed by atoms with E-state index in [2.05, 4.69) is 49.8 Å². The third kappa shape index (κ3) is 5.54. The van der Waals surface area contributed by atoms with Crippen molar-refractivity contribution in [2.24, 2.45) is 0 Å². The molecule has 0 bridgehead atoms. The van der Waals surface area contributed by atoms with Crippen LogP contribution in [0.3, 0.4) is 0 Å². The molecule has 1 fully saturated rings. The molecule has 1 aliphatic rings. The van der Waals surface area contributed by atoms with E-state index in [-0.39, 0.29) is 18.4 Å². The van der Waals surface area contributed by atoms with E-state index >= 15 is 0 Å². The molecule has 1 heterocycles. The second kappa shape index (κ2) is 9.33. The van der Waals surface area contributed by atoms with E-state index in [0.29, 0.717) is 4.90 Å². The van der Waals surface area contributed by atoms with Gasteiger partial charge < -0.3 is 0 Å². The van der Waals surface area contributed by atoms with Gasteiger partial charge in [0, 0.05) is 30.1 Å². The first kappa shape index (κ1) is 21.4. The molecule has 142 valence electrons. The summed E-state index contributed by atoms with van der Waals surface area (Å²) in [4.78, 5) is 2.71. The fraction of sp³-hybridized carbons (Fsp3) is 0.368. The lowest BCUT2D eigenvalue weighted by molar-refractivity contribution is 0.200. The van der Waals surface area contributed by atoms with E-state index in [4.69, 9.17) is 0 Å². The summed E-state index contributed by atoms with van der Waals surface area (Å²) in [5.74, 6) is 0. The minimum absolute atomic E-state index is 0. The number of likely N-dealkylation sites (tertiary alicyclic amines) is 1. The van der Waals surface area contributed by atoms with Crippen LogP contribution in [0, 0.1) is 6.92 Å². The Hall–Kier alpha value is -0.920. The first-order valence-corrected chi connectivity index (χ1v) is 10.8. The Morgan fingerprint density at radius 3 is 2.38 bits per heavy atom. The van der Waals surface area contributed by atoms with Crippen LogP contribution in [-0.4, -0.2) is 32.4 Å². The number of nitrogens with one attached hydrogen (secondary N) is 1. The van der Waals surface area contributed by atoms with Crippen molar-refractivity contribution in [1.82, 2.24) is 9.62 Å². The van der Waals surface area contributed by atoms with Crippen LogP contribution in [0.5, 0.6) is 0 Å². The fourth-order valence-corrected chi connectivity index (χ4v) is 4.76. The van der Waals surface area contributed by atoms with Crippen molar-refractivity contribution in [2.75, 3.05) is 13.1 Å². The number of aryl methyl sites for hydroxylation is 1. The van der Waals surface area contributed by atoms with Gasteiger partial charge in [-0.15, -0.1) is 12.4 Å². The molecule has 0 atom stereocenters. The van der Waals surface area contributed by atoms with Crippen LogP contribution < -0.4 is 4.72 Å². The van der Waals surface area contributed by atoms with E-state index < -0.39 is 10.0 Å². The molecule has 0 saturated carbocycles. The number of piperidine rings is 1. The van der Waals surface area contributed by atoms with Gasteiger partial charge in [0.15, 0.2) is 0 Å². The molecule has 7 heteroatoms. The van der Waals surface area contributed by atoms with Gasteiger partial charge in [0.25, 0.3) is 0 Å². The lowest BCUT2D eigenvalue weighted by Crippen LogP contribution is -2.44. The van der Waals surface area contributed by atoms with E-state index in [1.807, 2.05) is 13.0 Å². The van der Waals surface area contributed by atoms with Gasteiger partial charge in [-0.05, 0) is 49.1 Å². The summed E-state index contributed by atoms with van der Waals surface area (Å²) in [6, 6.07) is 15.5. The molecule has 2 aromatic rings. The Kier molecular flexibility index (Phi) is 7.67. The highest BCUT2D eigenvalue weighted by molar-refractivity contribution is 9.10. The van der Waals surface area contributed by atoms with Crippen molar-refractivity contribution in [1.29, 1.82) is 0 Å². The van der Waals surface area contributed by atoms with Gasteiger partial charge in [0.2, 0.25) is 10.0 Å². The van der Waals surface area contributed by atoms with Crippen LogP contribution in [0.2, 0.25) is 0 Å². The lowest BCUT2D eigenvalue weighted by Gasteiger charge is -2.32. The molecular weight excluding hydrogens is 436 g/mol. The molecule has 1 N–H and O–H groups in total. The van der Waals surface area contributed by atoms with Crippen LogP contribution in [0.15, 0.2) is 57.9 Å². The summed E-state index contributed by atoms with van der Waals surface area (Å²) in [6.45, 7) is 4.63. The molecule has 0 amide bonds. The molecule has 0 radical (unpaired) electrons. The Labute approximate surface area is 170 Å². The maximum atomic E-state index is 12.6. The Morgan fingerprint density at radius 2 is 1.77 bits per heavy atom. The fourth-order valence-electron chi connectivity index (χ4n) is 3.12. The third-order valence-corrected chi connectivity index (χ3v) is 7.01. The molecule has 0 aliphatic carbocycles. The highest BCUT2D eigenvalue weighted by atomic mass is 79.9. The molecule has 0 unspecified atom stereocenters. The van der Waals surface area contributed by atoms with Crippen molar-refractivity contribution in [3.8, 4) is 0 Å². The van der Waals surface area contributed by atoms with Crippen LogP contribution in [0.4, 0.5) is 0 Å². The summed E-state index contributed by atoms with van der Waals surface area (Å²) < 4.78 is 29.0. The zero-order valence-electron chi connectivity index (χ0n) is 14.7. The van der Waals surface area contributed by atoms with Gasteiger partial charge in [-0.25, -0.2) is 13.1 Å². The standard InChI is InChI=1S/C19H23BrN2O2S.ClH/c1-15-13-18(7-8-19(15)20)25(23,24)21-17-9-11-22(12-10-17)14-16-5-3-2-4-6-16;/h2-8,13,17,21H,9-12,14H2,1H3;1H. The number of rotatable bonds is 5. The second-order valence-electron chi connectivity index (χ2n) is 6.57. The van der Waals surface area contributed by atoms with E-state index in [1.54, 1.807) is 18.2 Å². The third-order valence-electron chi connectivity index (χ3n) is 4.60. The molecular formula is C19H24BrClN2O2S.